The summed E-state index contributed by atoms with van der Waals surface area (Å²) in [6, 6.07) is 6.97. The average Bonchev–Trinajstić information content (AvgIpc) is 2.29. The summed E-state index contributed by atoms with van der Waals surface area (Å²) in [4.78, 5) is 11.4. The molecule has 3 nitrogen and oxygen atoms in total. The molecular weight excluding hydrogens is 261 g/mol. The van der Waals surface area contributed by atoms with Gasteiger partial charge in [-0.1, -0.05) is 18.5 Å². The maximum atomic E-state index is 11.4. The van der Waals surface area contributed by atoms with E-state index < -0.39 is 11.0 Å². The van der Waals surface area contributed by atoms with Gasteiger partial charge in [-0.3, -0.25) is 4.79 Å². The summed E-state index contributed by atoms with van der Waals surface area (Å²) in [7, 11) is 0. The lowest BCUT2D eigenvalue weighted by molar-refractivity contribution is -0.130. The van der Waals surface area contributed by atoms with Gasteiger partial charge < -0.3 is 10.1 Å². The Balaban J connectivity index is 2.79. The van der Waals surface area contributed by atoms with Gasteiger partial charge in [-0.25, -0.2) is 0 Å². The molecule has 0 radical (unpaired) electrons. The molecule has 0 aliphatic carbocycles. The molecule has 0 aromatic heterocycles. The number of hydrogen-bond donors (Lipinski definition) is 1. The molecule has 0 unspecified atom stereocenters. The molecule has 0 saturated heterocycles. The molecule has 0 spiro atoms. The van der Waals surface area contributed by atoms with Crippen LogP contribution >= 0.6 is 23.2 Å². The quantitative estimate of drug-likeness (QED) is 0.636. The first-order chi connectivity index (χ1) is 7.98. The fourth-order valence-corrected chi connectivity index (χ4v) is 1.48. The molecule has 1 atom stereocenters. The van der Waals surface area contributed by atoms with Gasteiger partial charge in [-0.2, -0.15) is 0 Å². The summed E-state index contributed by atoms with van der Waals surface area (Å²) in [6.07, 6.45) is 0.808. The second kappa shape index (κ2) is 6.24. The second-order valence-electron chi connectivity index (χ2n) is 3.79. The average molecular weight is 276 g/mol. The number of hydrogen-bond acceptors (Lipinski definition) is 3. The fourth-order valence-electron chi connectivity index (χ4n) is 1.26. The van der Waals surface area contributed by atoms with Crippen molar-refractivity contribution in [3.05, 3.63) is 29.3 Å². The Bertz CT molecular complexity index is 381. The Morgan fingerprint density at radius 1 is 1.41 bits per heavy atom. The lowest BCUT2D eigenvalue weighted by Crippen LogP contribution is -2.44. The van der Waals surface area contributed by atoms with Crippen LogP contribution < -0.4 is 5.32 Å². The largest absolute Gasteiger partial charge is 0.351 e. The van der Waals surface area contributed by atoms with Gasteiger partial charge in [-0.05, 0) is 49.2 Å². The molecule has 0 heterocycles. The van der Waals surface area contributed by atoms with Crippen molar-refractivity contribution in [1.29, 1.82) is 0 Å². The summed E-state index contributed by atoms with van der Waals surface area (Å²) in [6.45, 7) is 4.02. The second-order valence-corrected chi connectivity index (χ2v) is 4.57. The number of carbonyl (C=O) groups excluding carboxylic acids is 1. The van der Waals surface area contributed by atoms with Gasteiger partial charge in [0.15, 0.2) is 0 Å². The van der Waals surface area contributed by atoms with Crippen molar-refractivity contribution in [2.45, 2.75) is 26.0 Å². The Kier molecular flexibility index (Phi) is 5.25. The van der Waals surface area contributed by atoms with E-state index in [1.807, 2.05) is 6.92 Å². The van der Waals surface area contributed by atoms with Crippen LogP contribution in [0.1, 0.15) is 20.3 Å². The topological polar surface area (TPSA) is 38.3 Å². The van der Waals surface area contributed by atoms with Crippen LogP contribution in [0.3, 0.4) is 0 Å². The molecule has 0 fully saturated rings. The molecule has 1 aromatic rings. The Morgan fingerprint density at radius 2 is 2.00 bits per heavy atom. The fraction of sp³-hybridized carbons (Fsp3) is 0.417. The summed E-state index contributed by atoms with van der Waals surface area (Å²) in [5.74, 6) is 0. The Labute approximate surface area is 111 Å². The van der Waals surface area contributed by atoms with Crippen LogP contribution in [0.2, 0.25) is 5.02 Å². The van der Waals surface area contributed by atoms with Crippen LogP contribution in [0.25, 0.3) is 0 Å². The van der Waals surface area contributed by atoms with Gasteiger partial charge >= 0.3 is 0 Å². The summed E-state index contributed by atoms with van der Waals surface area (Å²) < 4.78 is 5.45. The van der Waals surface area contributed by atoms with Crippen LogP contribution in [0.5, 0.6) is 0 Å². The zero-order chi connectivity index (χ0) is 12.9. The molecule has 0 bridgehead atoms. The van der Waals surface area contributed by atoms with Crippen molar-refractivity contribution in [3.63, 3.8) is 0 Å². The van der Waals surface area contributed by atoms with E-state index in [4.69, 9.17) is 27.9 Å². The molecule has 1 N–H and O–H groups in total. The lowest BCUT2D eigenvalue weighted by Gasteiger charge is -2.28. The van der Waals surface area contributed by atoms with E-state index >= 15 is 0 Å². The highest BCUT2D eigenvalue weighted by Gasteiger charge is 2.32. The van der Waals surface area contributed by atoms with E-state index in [-0.39, 0.29) is 0 Å². The van der Waals surface area contributed by atoms with Crippen molar-refractivity contribution < 1.29 is 9.53 Å². The van der Waals surface area contributed by atoms with E-state index in [0.29, 0.717) is 11.6 Å². The van der Waals surface area contributed by atoms with Crippen LogP contribution in [0.15, 0.2) is 24.3 Å². The Hall–Kier alpha value is -0.770. The highest BCUT2D eigenvalue weighted by atomic mass is 35.5. The third-order valence-corrected chi connectivity index (χ3v) is 2.81. The normalized spacial score (nSPS) is 14.1. The zero-order valence-electron chi connectivity index (χ0n) is 9.80. The summed E-state index contributed by atoms with van der Waals surface area (Å²) in [5, 5.41) is 3.00. The molecule has 1 aromatic carbocycles. The first-order valence-electron chi connectivity index (χ1n) is 5.35. The highest BCUT2D eigenvalue weighted by molar-refractivity contribution is 6.65. The number of nitrogens with one attached hydrogen (secondary N) is 1. The molecular formula is C12H15Cl2NO2. The number of rotatable bonds is 6. The minimum Gasteiger partial charge on any atom is -0.351 e. The van der Waals surface area contributed by atoms with Crippen LogP contribution in [0.4, 0.5) is 5.69 Å². The highest BCUT2D eigenvalue weighted by Crippen LogP contribution is 2.21. The zero-order valence-corrected chi connectivity index (χ0v) is 11.3. The monoisotopic (exact) mass is 275 g/mol. The summed E-state index contributed by atoms with van der Waals surface area (Å²) >= 11 is 11.3. The van der Waals surface area contributed by atoms with E-state index in [1.165, 1.54) is 0 Å². The van der Waals surface area contributed by atoms with Gasteiger partial charge in [-0.15, -0.1) is 0 Å². The van der Waals surface area contributed by atoms with E-state index in [1.54, 1.807) is 31.2 Å². The van der Waals surface area contributed by atoms with Crippen molar-refractivity contribution in [3.8, 4) is 0 Å². The maximum absolute atomic E-state index is 11.4. The molecule has 0 aliphatic rings. The first-order valence-corrected chi connectivity index (χ1v) is 6.11. The first kappa shape index (κ1) is 14.3. The SMILES string of the molecule is CCCO[C@@](C)(Nc1ccc(Cl)cc1)C(=O)Cl. The van der Waals surface area contributed by atoms with Crippen LogP contribution in [-0.4, -0.2) is 17.6 Å². The van der Waals surface area contributed by atoms with Gasteiger partial charge in [0, 0.05) is 17.3 Å². The van der Waals surface area contributed by atoms with Crippen molar-refractivity contribution in [2.24, 2.45) is 0 Å². The molecule has 94 valence electrons. The smallest absolute Gasteiger partial charge is 0.274 e. The van der Waals surface area contributed by atoms with Crippen molar-refractivity contribution >= 4 is 34.1 Å². The number of anilines is 1. The maximum Gasteiger partial charge on any atom is 0.274 e. The molecule has 17 heavy (non-hydrogen) atoms. The number of carbonyl (C=O) groups is 1. The third kappa shape index (κ3) is 4.19. The number of benzene rings is 1. The number of halogens is 2. The standard InChI is InChI=1S/C12H15Cl2NO2/c1-3-8-17-12(2,11(14)16)15-10-6-4-9(13)5-7-10/h4-7,15H,3,8H2,1-2H3/t12-/m1/s1. The van der Waals surface area contributed by atoms with Crippen molar-refractivity contribution in [1.82, 2.24) is 0 Å². The third-order valence-electron chi connectivity index (χ3n) is 2.20. The van der Waals surface area contributed by atoms with Gasteiger partial charge in [0.2, 0.25) is 5.72 Å². The van der Waals surface area contributed by atoms with E-state index in [9.17, 15) is 4.79 Å². The molecule has 0 amide bonds. The van der Waals surface area contributed by atoms with Gasteiger partial charge in [0.05, 0.1) is 0 Å². The predicted molar refractivity (Wildman–Crippen MR) is 70.6 cm³/mol. The molecule has 5 heteroatoms. The lowest BCUT2D eigenvalue weighted by atomic mass is 10.2. The van der Waals surface area contributed by atoms with E-state index in [2.05, 4.69) is 5.32 Å². The van der Waals surface area contributed by atoms with Crippen LogP contribution in [-0.2, 0) is 9.53 Å². The predicted octanol–water partition coefficient (Wildman–Crippen LogP) is 3.66. The van der Waals surface area contributed by atoms with Gasteiger partial charge in [0.1, 0.15) is 0 Å². The van der Waals surface area contributed by atoms with Gasteiger partial charge in [0.25, 0.3) is 5.24 Å². The van der Waals surface area contributed by atoms with E-state index in [0.717, 1.165) is 12.1 Å². The number of ether oxygens (including phenoxy) is 1. The molecule has 1 rings (SSSR count). The minimum absolute atomic E-state index is 0.454. The molecule has 0 saturated carbocycles. The summed E-state index contributed by atoms with van der Waals surface area (Å²) in [5.41, 5.74) is -0.493. The Morgan fingerprint density at radius 3 is 2.47 bits per heavy atom. The van der Waals surface area contributed by atoms with Crippen LogP contribution in [0, 0.1) is 0 Å². The molecule has 0 aliphatic heterocycles. The minimum atomic E-state index is -1.22. The van der Waals surface area contributed by atoms with Crippen molar-refractivity contribution in [2.75, 3.05) is 11.9 Å².